The van der Waals surface area contributed by atoms with E-state index in [9.17, 15) is 4.39 Å². The Bertz CT molecular complexity index is 648. The number of benzene rings is 1. The number of hydrogen-bond donors (Lipinski definition) is 0. The zero-order valence-corrected chi connectivity index (χ0v) is 15.1. The number of aromatic nitrogens is 4. The van der Waals surface area contributed by atoms with Crippen LogP contribution >= 0.6 is 0 Å². The Morgan fingerprint density at radius 2 is 1.84 bits per heavy atom. The third-order valence-corrected chi connectivity index (χ3v) is 4.91. The lowest BCUT2D eigenvalue weighted by Crippen LogP contribution is -2.46. The Hall–Kier alpha value is -1.86. The highest BCUT2D eigenvalue weighted by molar-refractivity contribution is 5.16. The SMILES string of the molecule is CCCCC(c1nnnn1Cc1ccc(F)cc1)N1CCN(C)CC1. The summed E-state index contributed by atoms with van der Waals surface area (Å²) in [6.45, 7) is 6.99. The number of tetrazole rings is 1. The van der Waals surface area contributed by atoms with Gasteiger partial charge in [0, 0.05) is 26.2 Å². The molecule has 7 heteroatoms. The van der Waals surface area contributed by atoms with Crippen LogP contribution in [0.1, 0.15) is 43.6 Å². The standard InChI is InChI=1S/C18H27FN6/c1-3-4-5-17(24-12-10-23(2)11-13-24)18-20-21-22-25(18)14-15-6-8-16(19)9-7-15/h6-9,17H,3-5,10-14H2,1-2H3. The number of unbranched alkanes of at least 4 members (excludes halogenated alkanes) is 1. The third-order valence-electron chi connectivity index (χ3n) is 4.91. The maximum Gasteiger partial charge on any atom is 0.168 e. The zero-order valence-electron chi connectivity index (χ0n) is 15.1. The maximum atomic E-state index is 13.1. The lowest BCUT2D eigenvalue weighted by molar-refractivity contribution is 0.0988. The summed E-state index contributed by atoms with van der Waals surface area (Å²) in [5, 5.41) is 12.5. The van der Waals surface area contributed by atoms with Gasteiger partial charge in [0.25, 0.3) is 0 Å². The van der Waals surface area contributed by atoms with Gasteiger partial charge in [-0.2, -0.15) is 0 Å². The van der Waals surface area contributed by atoms with Gasteiger partial charge in [-0.05, 0) is 41.6 Å². The highest BCUT2D eigenvalue weighted by Crippen LogP contribution is 2.26. The number of nitrogens with zero attached hydrogens (tertiary/aromatic N) is 6. The van der Waals surface area contributed by atoms with E-state index in [1.807, 2.05) is 4.68 Å². The van der Waals surface area contributed by atoms with Crippen molar-refractivity contribution in [3.05, 3.63) is 41.5 Å². The van der Waals surface area contributed by atoms with Crippen LogP contribution in [0.15, 0.2) is 24.3 Å². The number of rotatable bonds is 7. The topological polar surface area (TPSA) is 50.1 Å². The lowest BCUT2D eigenvalue weighted by Gasteiger charge is -2.37. The molecular weight excluding hydrogens is 319 g/mol. The van der Waals surface area contributed by atoms with Crippen molar-refractivity contribution >= 4 is 0 Å². The van der Waals surface area contributed by atoms with Crippen molar-refractivity contribution in [3.8, 4) is 0 Å². The molecule has 1 atom stereocenters. The van der Waals surface area contributed by atoms with Crippen molar-refractivity contribution in [2.24, 2.45) is 0 Å². The summed E-state index contributed by atoms with van der Waals surface area (Å²) in [4.78, 5) is 4.86. The predicted octanol–water partition coefficient (Wildman–Crippen LogP) is 2.34. The summed E-state index contributed by atoms with van der Waals surface area (Å²) in [6.07, 6.45) is 3.37. The number of piperazine rings is 1. The van der Waals surface area contributed by atoms with Gasteiger partial charge < -0.3 is 4.90 Å². The van der Waals surface area contributed by atoms with Gasteiger partial charge in [-0.1, -0.05) is 31.9 Å². The molecule has 0 saturated carbocycles. The smallest absolute Gasteiger partial charge is 0.168 e. The lowest BCUT2D eigenvalue weighted by atomic mass is 10.1. The van der Waals surface area contributed by atoms with Crippen molar-refractivity contribution in [1.29, 1.82) is 0 Å². The molecule has 1 aliphatic heterocycles. The van der Waals surface area contributed by atoms with Crippen LogP contribution in [-0.2, 0) is 6.54 Å². The molecule has 1 aromatic heterocycles. The normalized spacial score (nSPS) is 17.7. The van der Waals surface area contributed by atoms with E-state index in [1.165, 1.54) is 12.1 Å². The highest BCUT2D eigenvalue weighted by atomic mass is 19.1. The van der Waals surface area contributed by atoms with Crippen molar-refractivity contribution < 1.29 is 4.39 Å². The van der Waals surface area contributed by atoms with Crippen LogP contribution in [-0.4, -0.2) is 63.2 Å². The van der Waals surface area contributed by atoms with E-state index in [0.29, 0.717) is 6.54 Å². The van der Waals surface area contributed by atoms with Gasteiger partial charge >= 0.3 is 0 Å². The maximum absolute atomic E-state index is 13.1. The number of hydrogen-bond acceptors (Lipinski definition) is 5. The molecule has 1 aliphatic rings. The summed E-state index contributed by atoms with van der Waals surface area (Å²) in [5.74, 6) is 0.696. The van der Waals surface area contributed by atoms with Crippen molar-refractivity contribution in [2.45, 2.75) is 38.8 Å². The Balaban J connectivity index is 1.78. The molecule has 0 radical (unpaired) electrons. The van der Waals surface area contributed by atoms with E-state index < -0.39 is 0 Å². The summed E-state index contributed by atoms with van der Waals surface area (Å²) in [5.41, 5.74) is 1.00. The Morgan fingerprint density at radius 1 is 1.12 bits per heavy atom. The monoisotopic (exact) mass is 346 g/mol. The Morgan fingerprint density at radius 3 is 2.52 bits per heavy atom. The van der Waals surface area contributed by atoms with Crippen LogP contribution in [0.4, 0.5) is 4.39 Å². The molecule has 3 rings (SSSR count). The number of likely N-dealkylation sites (N-methyl/N-ethyl adjacent to an activating group) is 1. The van der Waals surface area contributed by atoms with Gasteiger partial charge in [0.2, 0.25) is 0 Å². The second-order valence-corrected chi connectivity index (χ2v) is 6.82. The predicted molar refractivity (Wildman–Crippen MR) is 94.7 cm³/mol. The van der Waals surface area contributed by atoms with Gasteiger partial charge in [0.15, 0.2) is 5.82 Å². The van der Waals surface area contributed by atoms with Crippen LogP contribution in [0.5, 0.6) is 0 Å². The average Bonchev–Trinajstić information content (AvgIpc) is 3.07. The quantitative estimate of drug-likeness (QED) is 0.770. The molecule has 0 bridgehead atoms. The van der Waals surface area contributed by atoms with E-state index in [1.54, 1.807) is 12.1 Å². The minimum Gasteiger partial charge on any atom is -0.304 e. The molecule has 1 unspecified atom stereocenters. The second kappa shape index (κ2) is 8.49. The van der Waals surface area contributed by atoms with Crippen molar-refractivity contribution in [2.75, 3.05) is 33.2 Å². The van der Waals surface area contributed by atoms with Crippen molar-refractivity contribution in [3.63, 3.8) is 0 Å². The van der Waals surface area contributed by atoms with Gasteiger partial charge in [0.05, 0.1) is 12.6 Å². The molecular formula is C18H27FN6. The van der Waals surface area contributed by atoms with E-state index in [2.05, 4.69) is 39.3 Å². The molecule has 2 aromatic rings. The summed E-state index contributed by atoms with van der Waals surface area (Å²) >= 11 is 0. The molecule has 136 valence electrons. The van der Waals surface area contributed by atoms with Gasteiger partial charge in [-0.3, -0.25) is 4.90 Å². The van der Waals surface area contributed by atoms with Crippen LogP contribution in [0.3, 0.4) is 0 Å². The first-order chi connectivity index (χ1) is 12.2. The third kappa shape index (κ3) is 4.61. The van der Waals surface area contributed by atoms with Gasteiger partial charge in [0.1, 0.15) is 5.82 Å². The fourth-order valence-corrected chi connectivity index (χ4v) is 3.33. The first-order valence-corrected chi connectivity index (χ1v) is 9.10. The summed E-state index contributed by atoms with van der Waals surface area (Å²) < 4.78 is 15.0. The molecule has 1 aromatic carbocycles. The molecule has 1 fully saturated rings. The molecule has 0 N–H and O–H groups in total. The van der Waals surface area contributed by atoms with E-state index in [-0.39, 0.29) is 11.9 Å². The molecule has 1 saturated heterocycles. The zero-order chi connectivity index (χ0) is 17.6. The molecule has 0 aliphatic carbocycles. The van der Waals surface area contributed by atoms with E-state index in [0.717, 1.165) is 56.8 Å². The highest BCUT2D eigenvalue weighted by Gasteiger charge is 2.27. The molecule has 25 heavy (non-hydrogen) atoms. The van der Waals surface area contributed by atoms with Gasteiger partial charge in [-0.15, -0.1) is 5.10 Å². The fourth-order valence-electron chi connectivity index (χ4n) is 3.33. The Kier molecular flexibility index (Phi) is 6.09. The van der Waals surface area contributed by atoms with Crippen LogP contribution < -0.4 is 0 Å². The first-order valence-electron chi connectivity index (χ1n) is 9.10. The van der Waals surface area contributed by atoms with Gasteiger partial charge in [-0.25, -0.2) is 9.07 Å². The summed E-state index contributed by atoms with van der Waals surface area (Å²) in [6, 6.07) is 6.78. The number of halogens is 1. The molecule has 6 nitrogen and oxygen atoms in total. The average molecular weight is 346 g/mol. The molecule has 2 heterocycles. The van der Waals surface area contributed by atoms with Crippen LogP contribution in [0.25, 0.3) is 0 Å². The Labute approximate surface area is 148 Å². The van der Waals surface area contributed by atoms with Crippen LogP contribution in [0.2, 0.25) is 0 Å². The minimum absolute atomic E-state index is 0.223. The van der Waals surface area contributed by atoms with Crippen molar-refractivity contribution in [1.82, 2.24) is 30.0 Å². The van der Waals surface area contributed by atoms with E-state index >= 15 is 0 Å². The summed E-state index contributed by atoms with van der Waals surface area (Å²) in [7, 11) is 2.16. The van der Waals surface area contributed by atoms with E-state index in [4.69, 9.17) is 0 Å². The second-order valence-electron chi connectivity index (χ2n) is 6.82. The molecule has 0 spiro atoms. The first kappa shape index (κ1) is 17.9. The molecule has 0 amide bonds. The minimum atomic E-state index is -0.223. The van der Waals surface area contributed by atoms with Crippen LogP contribution in [0, 0.1) is 5.82 Å². The largest absolute Gasteiger partial charge is 0.304 e. The fraction of sp³-hybridized carbons (Fsp3) is 0.611.